The highest BCUT2D eigenvalue weighted by molar-refractivity contribution is 9.09. The summed E-state index contributed by atoms with van der Waals surface area (Å²) in [7, 11) is 0. The Kier molecular flexibility index (Phi) is 4.53. The van der Waals surface area contributed by atoms with Gasteiger partial charge in [0.05, 0.1) is 9.85 Å². The second-order valence-electron chi connectivity index (χ2n) is 3.86. The van der Waals surface area contributed by atoms with E-state index in [4.69, 9.17) is 23.2 Å². The van der Waals surface area contributed by atoms with Gasteiger partial charge >= 0.3 is 0 Å². The number of alkyl halides is 1. The third-order valence-electron chi connectivity index (χ3n) is 2.57. The van der Waals surface area contributed by atoms with Crippen LogP contribution >= 0.6 is 50.5 Å². The van der Waals surface area contributed by atoms with E-state index < -0.39 is 0 Å². The average molecular weight is 350 g/mol. The lowest BCUT2D eigenvalue weighted by molar-refractivity contribution is 0.969. The zero-order valence-corrected chi connectivity index (χ0v) is 13.1. The Bertz CT molecular complexity index is 522. The fourth-order valence-electron chi connectivity index (χ4n) is 1.61. The van der Waals surface area contributed by atoms with E-state index in [1.165, 1.54) is 4.88 Å². The fraction of sp³-hybridized carbons (Fsp3) is 0.231. The van der Waals surface area contributed by atoms with Crippen molar-refractivity contribution in [1.82, 2.24) is 0 Å². The van der Waals surface area contributed by atoms with E-state index in [0.717, 1.165) is 27.6 Å². The molecule has 17 heavy (non-hydrogen) atoms. The van der Waals surface area contributed by atoms with Crippen molar-refractivity contribution in [2.75, 3.05) is 0 Å². The maximum Gasteiger partial charge on any atom is 0.0585 e. The first-order chi connectivity index (χ1) is 8.09. The Morgan fingerprint density at radius 1 is 1.29 bits per heavy atom. The van der Waals surface area contributed by atoms with Crippen LogP contribution in [0.25, 0.3) is 0 Å². The molecule has 1 heterocycles. The van der Waals surface area contributed by atoms with Crippen LogP contribution in [0.2, 0.25) is 10.0 Å². The van der Waals surface area contributed by atoms with E-state index in [0.29, 0.717) is 0 Å². The summed E-state index contributed by atoms with van der Waals surface area (Å²) < 4.78 is 0. The number of hydrogen-bond acceptors (Lipinski definition) is 1. The summed E-state index contributed by atoms with van der Waals surface area (Å²) in [4.78, 5) is 1.39. The number of rotatable bonds is 3. The van der Waals surface area contributed by atoms with Crippen LogP contribution < -0.4 is 0 Å². The van der Waals surface area contributed by atoms with Crippen molar-refractivity contribution in [3.8, 4) is 0 Å². The highest BCUT2D eigenvalue weighted by atomic mass is 79.9. The summed E-state index contributed by atoms with van der Waals surface area (Å²) >= 11 is 17.8. The smallest absolute Gasteiger partial charge is 0.0585 e. The number of benzene rings is 1. The topological polar surface area (TPSA) is 0 Å². The van der Waals surface area contributed by atoms with E-state index in [-0.39, 0.29) is 4.83 Å². The van der Waals surface area contributed by atoms with Gasteiger partial charge in [-0.1, -0.05) is 57.3 Å². The lowest BCUT2D eigenvalue weighted by atomic mass is 10.1. The van der Waals surface area contributed by atoms with Crippen molar-refractivity contribution < 1.29 is 0 Å². The van der Waals surface area contributed by atoms with Crippen molar-refractivity contribution in [2.24, 2.45) is 0 Å². The molecule has 4 heteroatoms. The molecule has 0 saturated carbocycles. The summed E-state index contributed by atoms with van der Waals surface area (Å²) in [5, 5.41) is 3.75. The molecule has 0 amide bonds. The Balaban J connectivity index is 2.20. The van der Waals surface area contributed by atoms with Crippen LogP contribution in [-0.4, -0.2) is 0 Å². The molecule has 0 fully saturated rings. The summed E-state index contributed by atoms with van der Waals surface area (Å²) in [6.45, 7) is 2.03. The van der Waals surface area contributed by atoms with Crippen molar-refractivity contribution in [2.45, 2.75) is 18.2 Å². The predicted molar refractivity (Wildman–Crippen MR) is 80.9 cm³/mol. The molecular formula is C13H11BrCl2S. The molecule has 1 atom stereocenters. The number of hydrogen-bond donors (Lipinski definition) is 0. The zero-order valence-electron chi connectivity index (χ0n) is 9.21. The minimum absolute atomic E-state index is 0.216. The predicted octanol–water partition coefficient (Wildman–Crippen LogP) is 6.04. The van der Waals surface area contributed by atoms with Crippen LogP contribution in [0.1, 0.15) is 20.8 Å². The number of thiophene rings is 1. The van der Waals surface area contributed by atoms with Gasteiger partial charge in [0.1, 0.15) is 0 Å². The van der Waals surface area contributed by atoms with E-state index in [2.05, 4.69) is 21.3 Å². The second-order valence-corrected chi connectivity index (χ2v) is 6.66. The normalized spacial score (nSPS) is 12.7. The second kappa shape index (κ2) is 5.75. The monoisotopic (exact) mass is 348 g/mol. The molecule has 1 aromatic heterocycles. The first-order valence-electron chi connectivity index (χ1n) is 5.20. The first kappa shape index (κ1) is 13.4. The van der Waals surface area contributed by atoms with Gasteiger partial charge in [-0.2, -0.15) is 0 Å². The van der Waals surface area contributed by atoms with Gasteiger partial charge in [-0.25, -0.2) is 0 Å². The van der Waals surface area contributed by atoms with E-state index in [9.17, 15) is 0 Å². The van der Waals surface area contributed by atoms with Gasteiger partial charge < -0.3 is 0 Å². The fourth-order valence-corrected chi connectivity index (χ4v) is 4.16. The molecular weight excluding hydrogens is 339 g/mol. The molecule has 1 unspecified atom stereocenters. The van der Waals surface area contributed by atoms with Crippen LogP contribution in [-0.2, 0) is 6.42 Å². The lowest BCUT2D eigenvalue weighted by Gasteiger charge is -2.10. The summed E-state index contributed by atoms with van der Waals surface area (Å²) in [5.41, 5.74) is 2.27. The van der Waals surface area contributed by atoms with Crippen molar-refractivity contribution in [3.63, 3.8) is 0 Å². The minimum Gasteiger partial charge on any atom is -0.146 e. The first-order valence-corrected chi connectivity index (χ1v) is 7.75. The molecule has 0 aliphatic rings. The van der Waals surface area contributed by atoms with Gasteiger partial charge in [-0.3, -0.25) is 0 Å². The van der Waals surface area contributed by atoms with Gasteiger partial charge in [-0.15, -0.1) is 11.3 Å². The Labute approximate surface area is 124 Å². The van der Waals surface area contributed by atoms with Gasteiger partial charge in [0.15, 0.2) is 0 Å². The summed E-state index contributed by atoms with van der Waals surface area (Å²) in [5.74, 6) is 0. The van der Waals surface area contributed by atoms with E-state index in [1.54, 1.807) is 11.3 Å². The highest BCUT2D eigenvalue weighted by Crippen LogP contribution is 2.39. The van der Waals surface area contributed by atoms with Gasteiger partial charge in [0, 0.05) is 9.90 Å². The minimum atomic E-state index is 0.216. The van der Waals surface area contributed by atoms with Crippen LogP contribution in [0.5, 0.6) is 0 Å². The van der Waals surface area contributed by atoms with Crippen LogP contribution in [0.15, 0.2) is 29.6 Å². The molecule has 90 valence electrons. The number of aryl methyl sites for hydroxylation is 1. The maximum absolute atomic E-state index is 6.26. The molecule has 2 rings (SSSR count). The molecule has 2 aromatic rings. The molecule has 0 radical (unpaired) electrons. The van der Waals surface area contributed by atoms with Crippen molar-refractivity contribution in [1.29, 1.82) is 0 Å². The molecule has 0 aliphatic carbocycles. The van der Waals surface area contributed by atoms with Crippen molar-refractivity contribution in [3.05, 3.63) is 55.7 Å². The van der Waals surface area contributed by atoms with E-state index >= 15 is 0 Å². The molecule has 0 spiro atoms. The lowest BCUT2D eigenvalue weighted by Crippen LogP contribution is -1.94. The quantitative estimate of drug-likeness (QED) is 0.592. The molecule has 0 bridgehead atoms. The van der Waals surface area contributed by atoms with Gasteiger partial charge in [0.25, 0.3) is 0 Å². The largest absolute Gasteiger partial charge is 0.146 e. The Hall–Kier alpha value is -0.0200. The standard InChI is InChI=1S/C13H11BrCl2S/c1-8-7-17-13(12(8)16)10(14)6-9-4-2-3-5-11(9)15/h2-5,7,10H,6H2,1H3. The molecule has 0 N–H and O–H groups in total. The van der Waals surface area contributed by atoms with E-state index in [1.807, 2.05) is 31.2 Å². The molecule has 0 saturated heterocycles. The summed E-state index contributed by atoms with van der Waals surface area (Å²) in [6.07, 6.45) is 0.847. The Morgan fingerprint density at radius 2 is 2.00 bits per heavy atom. The van der Waals surface area contributed by atoms with Gasteiger partial charge in [-0.05, 0) is 35.9 Å². The van der Waals surface area contributed by atoms with Crippen LogP contribution in [0.4, 0.5) is 0 Å². The molecule has 1 aromatic carbocycles. The number of halogens is 3. The highest BCUT2D eigenvalue weighted by Gasteiger charge is 2.16. The third-order valence-corrected chi connectivity index (χ3v) is 5.85. The summed E-state index contributed by atoms with van der Waals surface area (Å²) in [6, 6.07) is 7.91. The van der Waals surface area contributed by atoms with Crippen LogP contribution in [0.3, 0.4) is 0 Å². The van der Waals surface area contributed by atoms with Crippen LogP contribution in [0, 0.1) is 6.92 Å². The SMILES string of the molecule is Cc1csc(C(Br)Cc2ccccc2Cl)c1Cl. The Morgan fingerprint density at radius 3 is 2.59 bits per heavy atom. The van der Waals surface area contributed by atoms with Gasteiger partial charge in [0.2, 0.25) is 0 Å². The average Bonchev–Trinajstić information content (AvgIpc) is 2.63. The van der Waals surface area contributed by atoms with Crippen molar-refractivity contribution >= 4 is 50.5 Å². The maximum atomic E-state index is 6.26. The molecule has 0 aliphatic heterocycles. The zero-order chi connectivity index (χ0) is 12.4. The third kappa shape index (κ3) is 3.05. The molecule has 0 nitrogen and oxygen atoms in total.